The molecule has 4 rings (SSSR count). The fourth-order valence-electron chi connectivity index (χ4n) is 13.5. The number of hydrogen-bond donors (Lipinski definition) is 21. The number of nitrogens with one attached hydrogen (secondary N) is 3. The first-order chi connectivity index (χ1) is 48.7. The molecule has 0 bridgehead atoms. The van der Waals surface area contributed by atoms with Crippen molar-refractivity contribution in [3.8, 4) is 0 Å². The smallest absolute Gasteiger partial charge is 0.364 e. The van der Waals surface area contributed by atoms with E-state index in [1.165, 1.54) is 109 Å². The first-order valence-electron chi connectivity index (χ1n) is 37.2. The Morgan fingerprint density at radius 3 is 1.42 bits per heavy atom. The number of allylic oxidation sites excluding steroid dienone is 1. The highest BCUT2D eigenvalue weighted by Crippen LogP contribution is 2.41. The first-order valence-corrected chi connectivity index (χ1v) is 37.2. The van der Waals surface area contributed by atoms with Gasteiger partial charge in [0, 0.05) is 33.1 Å². The highest BCUT2D eigenvalue weighted by atomic mass is 16.8. The lowest BCUT2D eigenvalue weighted by molar-refractivity contribution is -0.388. The van der Waals surface area contributed by atoms with Crippen molar-refractivity contribution < 1.29 is 144 Å². The lowest BCUT2D eigenvalue weighted by Crippen LogP contribution is -2.72. The molecule has 104 heavy (non-hydrogen) atoms. The lowest BCUT2D eigenvalue weighted by Gasteiger charge is -2.51. The van der Waals surface area contributed by atoms with Gasteiger partial charge in [-0.25, -0.2) is 9.59 Å². The van der Waals surface area contributed by atoms with Gasteiger partial charge in [0.05, 0.1) is 69.5 Å². The fourth-order valence-corrected chi connectivity index (χ4v) is 13.5. The second-order valence-corrected chi connectivity index (χ2v) is 27.9. The zero-order valence-corrected chi connectivity index (χ0v) is 61.5. The van der Waals surface area contributed by atoms with Crippen LogP contribution in [0.1, 0.15) is 220 Å². The van der Waals surface area contributed by atoms with Crippen LogP contribution in [0.25, 0.3) is 0 Å². The highest BCUT2D eigenvalue weighted by Gasteiger charge is 2.62. The van der Waals surface area contributed by atoms with Gasteiger partial charge in [-0.15, -0.1) is 0 Å². The number of rotatable bonds is 52. The molecule has 0 radical (unpaired) electrons. The van der Waals surface area contributed by atoms with Crippen LogP contribution >= 0.6 is 0 Å². The van der Waals surface area contributed by atoms with E-state index < -0.39 is 216 Å². The second kappa shape index (κ2) is 50.8. The van der Waals surface area contributed by atoms with E-state index in [9.17, 15) is 106 Å². The Balaban J connectivity index is 0.0000184. The minimum atomic E-state index is -3.39. The summed E-state index contributed by atoms with van der Waals surface area (Å²) in [6.45, 7) is 1.10. The Kier molecular flexibility index (Phi) is 47.0. The number of aliphatic carboxylic acids is 2. The highest BCUT2D eigenvalue weighted by molar-refractivity contribution is 5.78. The zero-order chi connectivity index (χ0) is 75.5. The molecule has 25 N–H and O–H groups in total. The molecule has 0 aliphatic carbocycles. The van der Waals surface area contributed by atoms with Gasteiger partial charge in [0.2, 0.25) is 17.7 Å². The first kappa shape index (κ1) is 96.2. The average molecular weight is 1510 g/mol. The number of carbonyl (C=O) groups is 5. The maximum Gasteiger partial charge on any atom is 0.364 e. The van der Waals surface area contributed by atoms with Crippen LogP contribution in [-0.2, 0) is 61.9 Å². The van der Waals surface area contributed by atoms with Gasteiger partial charge in [0.25, 0.3) is 11.6 Å². The normalized spacial score (nSPS) is 31.1. The van der Waals surface area contributed by atoms with E-state index in [4.69, 9.17) is 37.9 Å². The molecular weight excluding hydrogens is 1370 g/mol. The molecule has 0 aromatic carbocycles. The van der Waals surface area contributed by atoms with Gasteiger partial charge in [-0.1, -0.05) is 180 Å². The van der Waals surface area contributed by atoms with E-state index in [1.54, 1.807) is 6.08 Å². The quantitative estimate of drug-likeness (QED) is 0.0294. The van der Waals surface area contributed by atoms with Crippen molar-refractivity contribution in [3.05, 3.63) is 12.2 Å². The van der Waals surface area contributed by atoms with Crippen molar-refractivity contribution in [2.45, 2.75) is 366 Å². The maximum absolute atomic E-state index is 13.6. The molecule has 34 nitrogen and oxygen atoms in total. The lowest BCUT2D eigenvalue weighted by atomic mass is 9.87. The number of aliphatic hydroxyl groups is 14. The van der Waals surface area contributed by atoms with Gasteiger partial charge in [-0.05, 0) is 19.3 Å². The number of unbranched alkanes of at least 4 members (excludes halogenated alkanes) is 25. The number of carbonyl (C=O) groups excluding carboxylic acids is 3. The van der Waals surface area contributed by atoms with Crippen molar-refractivity contribution >= 4 is 29.7 Å². The predicted molar refractivity (Wildman–Crippen MR) is 373 cm³/mol. The predicted octanol–water partition coefficient (Wildman–Crippen LogP) is 0.663. The summed E-state index contributed by atoms with van der Waals surface area (Å²) in [6.07, 6.45) is -8.38. The number of ether oxygens (including phenoxy) is 8. The summed E-state index contributed by atoms with van der Waals surface area (Å²) in [5.41, 5.74) is 0. The van der Waals surface area contributed by atoms with Gasteiger partial charge in [-0.2, -0.15) is 0 Å². The fraction of sp³-hybridized carbons (Fsp3) is 0.900. The van der Waals surface area contributed by atoms with E-state index >= 15 is 0 Å². The maximum atomic E-state index is 13.6. The molecule has 3 amide bonds. The zero-order valence-electron chi connectivity index (χ0n) is 61.5. The number of amides is 3. The van der Waals surface area contributed by atoms with Crippen LogP contribution < -0.4 is 28.3 Å². The molecule has 34 heteroatoms. The summed E-state index contributed by atoms with van der Waals surface area (Å²) in [6, 6.07) is -4.73. The number of aliphatic hydroxyl groups excluding tert-OH is 14. The topological polar surface area (TPSA) is 589 Å². The summed E-state index contributed by atoms with van der Waals surface area (Å²) >= 11 is 0. The van der Waals surface area contributed by atoms with E-state index in [0.29, 0.717) is 12.8 Å². The molecule has 4 heterocycles. The molecule has 4 aliphatic heterocycles. The molecule has 0 unspecified atom stereocenters. The van der Waals surface area contributed by atoms with Gasteiger partial charge in [-0.3, -0.25) is 14.4 Å². The summed E-state index contributed by atoms with van der Waals surface area (Å²) in [7, 11) is 0. The second-order valence-electron chi connectivity index (χ2n) is 27.9. The monoisotopic (exact) mass is 1510 g/mol. The minimum absolute atomic E-state index is 0. The molecule has 0 aromatic rings. The van der Waals surface area contributed by atoms with Crippen molar-refractivity contribution in [3.63, 3.8) is 0 Å². The number of carboxylic acids is 2. The third-order valence-electron chi connectivity index (χ3n) is 19.5. The summed E-state index contributed by atoms with van der Waals surface area (Å²) < 4.78 is 46.4. The van der Waals surface area contributed by atoms with Crippen LogP contribution in [0, 0.1) is 0 Å². The van der Waals surface area contributed by atoms with Gasteiger partial charge >= 0.3 is 11.9 Å². The third-order valence-corrected chi connectivity index (χ3v) is 19.5. The van der Waals surface area contributed by atoms with Crippen molar-refractivity contribution in [1.29, 1.82) is 0 Å². The summed E-state index contributed by atoms with van der Waals surface area (Å²) in [5, 5.41) is 185. The largest absolute Gasteiger partial charge is 0.477 e. The number of hydrogen-bond acceptors (Lipinski definition) is 29. The van der Waals surface area contributed by atoms with Crippen LogP contribution in [-0.4, -0.2) is 290 Å². The van der Waals surface area contributed by atoms with Crippen molar-refractivity contribution in [2.24, 2.45) is 0 Å². The van der Waals surface area contributed by atoms with Gasteiger partial charge in [0.1, 0.15) is 85.5 Å². The molecule has 0 aromatic heterocycles. The van der Waals surface area contributed by atoms with Gasteiger partial charge < -0.3 is 148 Å². The Morgan fingerprint density at radius 2 is 0.971 bits per heavy atom. The van der Waals surface area contributed by atoms with Crippen molar-refractivity contribution in [2.75, 3.05) is 33.0 Å². The molecule has 0 spiro atoms. The standard InChI is InChI=1S/C70H125N3O29.2H3N/c1-5-7-9-11-13-15-17-19-20-22-24-26-28-30-32-34-52(84)73-44(45(80)33-31-29-27-25-23-21-18-16-14-12-10-8-6-2)41-95-65-59(89)58(88)61(51(40-77)97-65)98-66-60(90)64(56(86)49(38-75)96-66)102-70(68(93)94)36-47(82)54(72-43(4)79)63(101-70)57(87)50(39-76)99-69(67(91)92)35-46(81)53(71-42(3)78)62(100-69)55(85)48(83)37-74;;/h31,33,44-51,53-66,74-77,80-83,85-90H,5-30,32,34-41H2,1-4H3,(H,71,78)(H,72,79)(H,73,84)(H,91,92)(H,93,94);2*1H3/b33-31+;;/t44-,45+,46-,47-,48+,49+,50+,51+,53+,54+,55+,56-,57+,58+,59+,60+,61+,62+,63+,64-,65+,66-,69+,70-;;/m0../s1. The average Bonchev–Trinajstić information content (AvgIpc) is 0.756. The molecular formula is C70H131N5O29. The van der Waals surface area contributed by atoms with E-state index in [2.05, 4.69) is 29.8 Å². The summed E-state index contributed by atoms with van der Waals surface area (Å²) in [4.78, 5) is 64.9. The molecule has 24 atom stereocenters. The minimum Gasteiger partial charge on any atom is -0.477 e. The number of carboxylic acid groups (broad SMARTS) is 2. The van der Waals surface area contributed by atoms with Crippen LogP contribution in [0.3, 0.4) is 0 Å². The molecule has 4 saturated heterocycles. The molecule has 610 valence electrons. The summed E-state index contributed by atoms with van der Waals surface area (Å²) in [5.74, 6) is -13.1. The van der Waals surface area contributed by atoms with Crippen LogP contribution in [0.5, 0.6) is 0 Å². The van der Waals surface area contributed by atoms with Gasteiger partial charge in [0.15, 0.2) is 12.6 Å². The third kappa shape index (κ3) is 30.2. The van der Waals surface area contributed by atoms with E-state index in [-0.39, 0.29) is 24.6 Å². The Bertz CT molecular complexity index is 2410. The van der Waals surface area contributed by atoms with Crippen LogP contribution in [0.15, 0.2) is 12.2 Å². The Labute approximate surface area is 611 Å². The SMILES string of the molecule is CCCCCCCCCCCCC/C=C/[C@@H](O)[C@H](CO[C@@H]1O[C@H](CO)[C@@H](O[C@@H]2O[C@H](CO)[C@H](O)[C@H](O[C@]3(C(=O)O)C[C@H](O)[C@@H](NC(C)=O)[C@H]([C@H](O)[C@@H](CO)O[C@]4(C(=O)O)C[C@H](O)[C@@H](NC(C)=O)[C@H]([C@H](O)[C@H](O)CO)O4)O3)[C@H]2O)[C@H](O)[C@H]1O)NC(=O)CCCCCCCCCCCCCCCCC.N.N. The Morgan fingerprint density at radius 1 is 0.529 bits per heavy atom. The molecule has 4 aliphatic rings. The van der Waals surface area contributed by atoms with Crippen molar-refractivity contribution in [1.82, 2.24) is 28.3 Å². The van der Waals surface area contributed by atoms with Crippen LogP contribution in [0.2, 0.25) is 0 Å². The molecule has 0 saturated carbocycles. The Hall–Kier alpha value is -3.87. The van der Waals surface area contributed by atoms with E-state index in [0.717, 1.165) is 65.2 Å². The molecule has 4 fully saturated rings. The van der Waals surface area contributed by atoms with E-state index in [1.807, 2.05) is 6.08 Å². The van der Waals surface area contributed by atoms with Crippen LogP contribution in [0.4, 0.5) is 0 Å².